The molecule has 6 rings (SSSR count). The molecule has 0 aliphatic heterocycles. The largest absolute Gasteiger partial charge is 0.506 e. The van der Waals surface area contributed by atoms with Crippen molar-refractivity contribution in [3.63, 3.8) is 0 Å². The molecule has 0 amide bonds. The van der Waals surface area contributed by atoms with Crippen molar-refractivity contribution in [3.05, 3.63) is 54.1 Å². The smallest absolute Gasteiger partial charge is 0.145 e. The van der Waals surface area contributed by atoms with Crippen molar-refractivity contribution in [2.75, 3.05) is 0 Å². The lowest BCUT2D eigenvalue weighted by atomic mass is 9.66. The highest BCUT2D eigenvalue weighted by molar-refractivity contribution is 7.95. The molecule has 0 spiro atoms. The fourth-order valence-corrected chi connectivity index (χ4v) is 8.66. The molecule has 6 unspecified atom stereocenters. The van der Waals surface area contributed by atoms with Crippen molar-refractivity contribution in [2.24, 2.45) is 32.3 Å². The maximum Gasteiger partial charge on any atom is 0.145 e. The number of phenolic OH excluding ortho intramolecular Hbond substituents is 1. The lowest BCUT2D eigenvalue weighted by Crippen LogP contribution is -2.53. The van der Waals surface area contributed by atoms with Gasteiger partial charge in [0, 0.05) is 35.1 Å². The highest BCUT2D eigenvalue weighted by Crippen LogP contribution is 2.46. The molecule has 0 radical (unpaired) electrons. The first-order valence-corrected chi connectivity index (χ1v) is 17.9. The van der Waals surface area contributed by atoms with Crippen molar-refractivity contribution < 1.29 is 39.5 Å². The summed E-state index contributed by atoms with van der Waals surface area (Å²) in [5.74, 6) is 0.240. The van der Waals surface area contributed by atoms with Gasteiger partial charge in [0.15, 0.2) is 0 Å². The number of aliphatic hydroxyl groups is 1. The van der Waals surface area contributed by atoms with E-state index in [1.807, 2.05) is 43.3 Å². The maximum absolute atomic E-state index is 11.5. The van der Waals surface area contributed by atoms with Crippen LogP contribution in [0, 0.1) is 18.8 Å². The molecule has 258 valence electrons. The number of hydrogen-bond acceptors (Lipinski definition) is 15. The van der Waals surface area contributed by atoms with E-state index in [1.54, 1.807) is 6.07 Å². The Hall–Kier alpha value is -2.70. The van der Waals surface area contributed by atoms with Crippen molar-refractivity contribution in [1.29, 1.82) is 0 Å². The highest BCUT2D eigenvalue weighted by atomic mass is 32.2. The Bertz CT molecular complexity index is 1590. The van der Waals surface area contributed by atoms with Crippen LogP contribution in [0.3, 0.4) is 0 Å². The van der Waals surface area contributed by atoms with Crippen LogP contribution in [0.1, 0.15) is 63.4 Å². The summed E-state index contributed by atoms with van der Waals surface area (Å²) in [4.78, 5) is 0.753. The second-order valence-corrected chi connectivity index (χ2v) is 14.6. The van der Waals surface area contributed by atoms with Gasteiger partial charge in [0.1, 0.15) is 17.5 Å². The summed E-state index contributed by atoms with van der Waals surface area (Å²) in [6.07, 6.45) is 9.23. The Morgan fingerprint density at radius 1 is 0.792 bits per heavy atom. The first kappa shape index (κ1) is 35.1. The van der Waals surface area contributed by atoms with Crippen LogP contribution in [0.2, 0.25) is 0 Å². The van der Waals surface area contributed by atoms with Gasteiger partial charge in [-0.05, 0) is 104 Å². The van der Waals surface area contributed by atoms with Gasteiger partial charge in [-0.3, -0.25) is 0 Å². The van der Waals surface area contributed by atoms with Gasteiger partial charge in [-0.15, -0.1) is 8.67 Å². The second-order valence-electron chi connectivity index (χ2n) is 12.9. The van der Waals surface area contributed by atoms with Crippen LogP contribution in [0.4, 0.5) is 17.1 Å². The molecule has 5 N–H and O–H groups in total. The van der Waals surface area contributed by atoms with Gasteiger partial charge >= 0.3 is 0 Å². The molecule has 3 aromatic carbocycles. The van der Waals surface area contributed by atoms with E-state index in [0.717, 1.165) is 71.0 Å². The van der Waals surface area contributed by atoms with Gasteiger partial charge < -0.3 is 15.5 Å². The summed E-state index contributed by atoms with van der Waals surface area (Å²) in [6, 6.07) is 14.8. The number of fused-ring (bicyclic) bond motifs is 2. The molecule has 3 saturated carbocycles. The lowest BCUT2D eigenvalue weighted by molar-refractivity contribution is -0.432. The summed E-state index contributed by atoms with van der Waals surface area (Å²) >= 11 is 1.83. The predicted molar refractivity (Wildman–Crippen MR) is 181 cm³/mol. The Balaban J connectivity index is 1.12. The second kappa shape index (κ2) is 16.8. The van der Waals surface area contributed by atoms with Gasteiger partial charge in [-0.2, -0.15) is 20.5 Å². The highest BCUT2D eigenvalue weighted by Gasteiger charge is 2.47. The molecular formula is C33H41N5O8S2. The SMILES string of the molecule is Cc1cc(N=NC2C(SOOO)CC3CC(NC4CCCCC4)CCC3C2O)c(O)cc1N=Nc1ccc2cc(SOOO)ccc2c1. The third-order valence-corrected chi connectivity index (χ3v) is 11.3. The minimum Gasteiger partial charge on any atom is -0.506 e. The fourth-order valence-electron chi connectivity index (χ4n) is 7.46. The Morgan fingerprint density at radius 3 is 2.40 bits per heavy atom. The number of aryl methyl sites for hydroxylation is 1. The Morgan fingerprint density at radius 2 is 1.58 bits per heavy atom. The number of nitrogens with zero attached hydrogens (tertiary/aromatic N) is 4. The summed E-state index contributed by atoms with van der Waals surface area (Å²) in [5, 5.41) is 70.3. The molecule has 0 saturated heterocycles. The van der Waals surface area contributed by atoms with E-state index in [1.165, 1.54) is 38.2 Å². The average Bonchev–Trinajstić information content (AvgIpc) is 3.10. The number of benzene rings is 3. The zero-order valence-corrected chi connectivity index (χ0v) is 28.2. The molecule has 0 bridgehead atoms. The number of aromatic hydroxyl groups is 1. The minimum absolute atomic E-state index is 0.0781. The maximum atomic E-state index is 11.5. The van der Waals surface area contributed by atoms with E-state index < -0.39 is 12.1 Å². The van der Waals surface area contributed by atoms with Crippen LogP contribution in [-0.4, -0.2) is 50.2 Å². The number of aliphatic hydroxyl groups excluding tert-OH is 1. The molecule has 3 aliphatic carbocycles. The van der Waals surface area contributed by atoms with E-state index in [4.69, 9.17) is 14.8 Å². The monoisotopic (exact) mass is 699 g/mol. The van der Waals surface area contributed by atoms with Crippen molar-refractivity contribution in [1.82, 2.24) is 5.32 Å². The average molecular weight is 700 g/mol. The number of azo groups is 2. The van der Waals surface area contributed by atoms with Gasteiger partial charge in [-0.25, -0.2) is 10.5 Å². The van der Waals surface area contributed by atoms with Crippen molar-refractivity contribution in [3.8, 4) is 5.75 Å². The molecule has 3 aromatic rings. The third kappa shape index (κ3) is 8.71. The summed E-state index contributed by atoms with van der Waals surface area (Å²) in [6.45, 7) is 1.84. The molecule has 3 aliphatic rings. The van der Waals surface area contributed by atoms with Crippen LogP contribution in [0.15, 0.2) is 73.9 Å². The molecule has 6 atom stereocenters. The topological polar surface area (TPSA) is 179 Å². The quantitative estimate of drug-likeness (QED) is 0.0527. The van der Waals surface area contributed by atoms with Crippen LogP contribution in [-0.2, 0) is 18.7 Å². The van der Waals surface area contributed by atoms with Gasteiger partial charge in [0.2, 0.25) is 0 Å². The summed E-state index contributed by atoms with van der Waals surface area (Å²) in [5.41, 5.74) is 2.08. The van der Waals surface area contributed by atoms with Gasteiger partial charge in [0.25, 0.3) is 0 Å². The summed E-state index contributed by atoms with van der Waals surface area (Å²) in [7, 11) is 0. The first-order valence-electron chi connectivity index (χ1n) is 16.3. The van der Waals surface area contributed by atoms with Gasteiger partial charge in [-0.1, -0.05) is 41.5 Å². The zero-order valence-electron chi connectivity index (χ0n) is 26.6. The molecule has 48 heavy (non-hydrogen) atoms. The summed E-state index contributed by atoms with van der Waals surface area (Å²) < 4.78 is 9.34. The third-order valence-electron chi connectivity index (χ3n) is 9.84. The van der Waals surface area contributed by atoms with Crippen molar-refractivity contribution in [2.45, 2.75) is 99.1 Å². The molecule has 0 heterocycles. The minimum atomic E-state index is -0.755. The Kier molecular flexibility index (Phi) is 12.3. The predicted octanol–water partition coefficient (Wildman–Crippen LogP) is 9.06. The van der Waals surface area contributed by atoms with E-state index in [2.05, 4.69) is 40.2 Å². The van der Waals surface area contributed by atoms with Crippen molar-refractivity contribution >= 4 is 51.9 Å². The zero-order chi connectivity index (χ0) is 33.5. The van der Waals surface area contributed by atoms with Crippen LogP contribution in [0.5, 0.6) is 5.75 Å². The van der Waals surface area contributed by atoms with Crippen LogP contribution >= 0.6 is 24.1 Å². The van der Waals surface area contributed by atoms with Crippen LogP contribution < -0.4 is 5.32 Å². The van der Waals surface area contributed by atoms with Crippen LogP contribution in [0.25, 0.3) is 10.8 Å². The van der Waals surface area contributed by atoms with E-state index in [-0.39, 0.29) is 28.5 Å². The molecule has 13 nitrogen and oxygen atoms in total. The van der Waals surface area contributed by atoms with E-state index >= 15 is 0 Å². The molecule has 15 heteroatoms. The molecule has 3 fully saturated rings. The molecule has 0 aromatic heterocycles. The normalized spacial score (nSPS) is 26.8. The lowest BCUT2D eigenvalue weighted by Gasteiger charge is -2.47. The number of nitrogens with one attached hydrogen (secondary N) is 1. The van der Waals surface area contributed by atoms with E-state index in [9.17, 15) is 10.2 Å². The number of rotatable bonds is 12. The fraction of sp³-hybridized carbons (Fsp3) is 0.515. The van der Waals surface area contributed by atoms with E-state index in [0.29, 0.717) is 23.5 Å². The first-order chi connectivity index (χ1) is 23.4. The Labute approximate surface area is 287 Å². The number of hydrogen-bond donors (Lipinski definition) is 5. The molecular weight excluding hydrogens is 659 g/mol. The standard InChI is InChI=1S/C33H41N5O8S2/c1-19-13-29(30(39)18-28(19)36-35-25-9-7-21-16-26(47-45-43-41)11-8-20(21)14-25)37-38-32-31(48-46-44-42)17-22-15-24(10-12-27(22)33(32)40)34-23-5-3-2-4-6-23/h7-9,11,13-14,16,18,22-24,27,31-34,39-42H,2-6,10,12,15,17H2,1H3. The number of phenols is 1. The van der Waals surface area contributed by atoms with Gasteiger partial charge in [0.05, 0.1) is 34.8 Å².